The second-order valence-electron chi connectivity index (χ2n) is 5.50. The van der Waals surface area contributed by atoms with E-state index in [1.54, 1.807) is 11.0 Å². The van der Waals surface area contributed by atoms with Gasteiger partial charge in [0.2, 0.25) is 0 Å². The van der Waals surface area contributed by atoms with Gasteiger partial charge >= 0.3 is 0 Å². The van der Waals surface area contributed by atoms with E-state index in [-0.39, 0.29) is 0 Å². The van der Waals surface area contributed by atoms with Gasteiger partial charge in [0.15, 0.2) is 0 Å². The van der Waals surface area contributed by atoms with Crippen LogP contribution in [-0.2, 0) is 0 Å². The number of nitrogens with one attached hydrogen (secondary N) is 1. The van der Waals surface area contributed by atoms with Crippen molar-refractivity contribution in [3.05, 3.63) is 36.2 Å². The van der Waals surface area contributed by atoms with Crippen LogP contribution in [0.25, 0.3) is 5.69 Å². The molecule has 0 fully saturated rings. The van der Waals surface area contributed by atoms with Crippen LogP contribution in [0.4, 0.5) is 0 Å². The fourth-order valence-corrected chi connectivity index (χ4v) is 2.42. The molecule has 20 heavy (non-hydrogen) atoms. The zero-order valence-corrected chi connectivity index (χ0v) is 12.6. The first-order chi connectivity index (χ1) is 9.61. The fourth-order valence-electron chi connectivity index (χ4n) is 2.42. The summed E-state index contributed by atoms with van der Waals surface area (Å²) in [5.74, 6) is 0.630. The molecule has 0 spiro atoms. The topological polar surface area (TPSA) is 55.6 Å². The van der Waals surface area contributed by atoms with E-state index in [1.165, 1.54) is 5.56 Å². The van der Waals surface area contributed by atoms with E-state index < -0.39 is 0 Å². The lowest BCUT2D eigenvalue weighted by Gasteiger charge is -2.25. The van der Waals surface area contributed by atoms with Crippen LogP contribution in [0.3, 0.4) is 0 Å². The summed E-state index contributed by atoms with van der Waals surface area (Å²) < 4.78 is 1.68. The van der Waals surface area contributed by atoms with Gasteiger partial charge in [-0.2, -0.15) is 0 Å². The molecule has 2 aromatic rings. The number of hydrogen-bond donors (Lipinski definition) is 1. The number of rotatable bonds is 6. The second-order valence-corrected chi connectivity index (χ2v) is 5.50. The smallest absolute Gasteiger partial charge is 0.143 e. The molecule has 1 aromatic heterocycles. The summed E-state index contributed by atoms with van der Waals surface area (Å²) in [7, 11) is 0. The molecule has 0 saturated carbocycles. The van der Waals surface area contributed by atoms with Crippen molar-refractivity contribution in [3.8, 4) is 5.69 Å². The SMILES string of the molecule is CCC(NC(C)c1cccc(-n2cnnn2)c1)C(C)C. The highest BCUT2D eigenvalue weighted by atomic mass is 15.5. The van der Waals surface area contributed by atoms with Crippen LogP contribution in [0.2, 0.25) is 0 Å². The predicted octanol–water partition coefficient (Wildman–Crippen LogP) is 2.75. The Labute approximate surface area is 120 Å². The van der Waals surface area contributed by atoms with Crippen LogP contribution in [0, 0.1) is 5.92 Å². The molecule has 0 saturated heterocycles. The number of hydrogen-bond acceptors (Lipinski definition) is 4. The third-order valence-electron chi connectivity index (χ3n) is 3.69. The van der Waals surface area contributed by atoms with E-state index in [4.69, 9.17) is 0 Å². The predicted molar refractivity (Wildman–Crippen MR) is 79.6 cm³/mol. The quantitative estimate of drug-likeness (QED) is 0.879. The van der Waals surface area contributed by atoms with Gasteiger partial charge in [0.05, 0.1) is 5.69 Å². The summed E-state index contributed by atoms with van der Waals surface area (Å²) >= 11 is 0. The molecule has 5 heteroatoms. The van der Waals surface area contributed by atoms with Crippen molar-refractivity contribution < 1.29 is 0 Å². The summed E-state index contributed by atoms with van der Waals surface area (Å²) in [6.07, 6.45) is 2.74. The summed E-state index contributed by atoms with van der Waals surface area (Å²) in [5.41, 5.74) is 2.23. The molecule has 0 aliphatic carbocycles. The Morgan fingerprint density at radius 3 is 2.65 bits per heavy atom. The van der Waals surface area contributed by atoms with Crippen LogP contribution in [0.1, 0.15) is 45.7 Å². The highest BCUT2D eigenvalue weighted by molar-refractivity contribution is 5.35. The van der Waals surface area contributed by atoms with E-state index in [1.807, 2.05) is 12.1 Å². The lowest BCUT2D eigenvalue weighted by atomic mass is 9.99. The molecular formula is C15H23N5. The third-order valence-corrected chi connectivity index (χ3v) is 3.69. The molecule has 2 atom stereocenters. The lowest BCUT2D eigenvalue weighted by Crippen LogP contribution is -2.35. The van der Waals surface area contributed by atoms with Gasteiger partial charge in [0.25, 0.3) is 0 Å². The Hall–Kier alpha value is -1.75. The Balaban J connectivity index is 2.14. The first-order valence-electron chi connectivity index (χ1n) is 7.21. The van der Waals surface area contributed by atoms with Crippen molar-refractivity contribution in [1.29, 1.82) is 0 Å². The third kappa shape index (κ3) is 3.42. The molecule has 0 bridgehead atoms. The zero-order valence-electron chi connectivity index (χ0n) is 12.6. The van der Waals surface area contributed by atoms with Crippen molar-refractivity contribution in [2.75, 3.05) is 0 Å². The Morgan fingerprint density at radius 1 is 1.25 bits per heavy atom. The average Bonchev–Trinajstić information content (AvgIpc) is 2.98. The molecule has 2 unspecified atom stereocenters. The maximum Gasteiger partial charge on any atom is 0.143 e. The number of aromatic nitrogens is 4. The Morgan fingerprint density at radius 2 is 2.05 bits per heavy atom. The molecular weight excluding hydrogens is 250 g/mol. The highest BCUT2D eigenvalue weighted by Crippen LogP contribution is 2.19. The minimum atomic E-state index is 0.304. The highest BCUT2D eigenvalue weighted by Gasteiger charge is 2.15. The molecule has 0 aliphatic rings. The summed E-state index contributed by atoms with van der Waals surface area (Å²) in [4.78, 5) is 0. The fraction of sp³-hybridized carbons (Fsp3) is 0.533. The first-order valence-corrected chi connectivity index (χ1v) is 7.21. The van der Waals surface area contributed by atoms with Crippen LogP contribution >= 0.6 is 0 Å². The molecule has 2 rings (SSSR count). The van der Waals surface area contributed by atoms with Crippen molar-refractivity contribution in [2.24, 2.45) is 5.92 Å². The van der Waals surface area contributed by atoms with Crippen molar-refractivity contribution in [3.63, 3.8) is 0 Å². The monoisotopic (exact) mass is 273 g/mol. The molecule has 1 heterocycles. The van der Waals surface area contributed by atoms with Gasteiger partial charge in [-0.05, 0) is 47.4 Å². The van der Waals surface area contributed by atoms with E-state index in [0.29, 0.717) is 18.0 Å². The summed E-state index contributed by atoms with van der Waals surface area (Å²) in [6.45, 7) is 8.93. The van der Waals surface area contributed by atoms with Crippen LogP contribution < -0.4 is 5.32 Å². The Bertz CT molecular complexity index is 521. The molecule has 1 N–H and O–H groups in total. The van der Waals surface area contributed by atoms with Gasteiger partial charge in [0, 0.05) is 12.1 Å². The average molecular weight is 273 g/mol. The zero-order chi connectivity index (χ0) is 14.5. The van der Waals surface area contributed by atoms with Crippen LogP contribution in [-0.4, -0.2) is 26.2 Å². The van der Waals surface area contributed by atoms with Gasteiger partial charge in [-0.1, -0.05) is 32.9 Å². The number of nitrogens with zero attached hydrogens (tertiary/aromatic N) is 4. The van der Waals surface area contributed by atoms with Crippen molar-refractivity contribution in [1.82, 2.24) is 25.5 Å². The maximum absolute atomic E-state index is 3.93. The molecule has 0 aliphatic heterocycles. The molecule has 1 aromatic carbocycles. The summed E-state index contributed by atoms with van der Waals surface area (Å²) in [6, 6.07) is 9.15. The van der Waals surface area contributed by atoms with E-state index in [2.05, 4.69) is 60.7 Å². The molecule has 108 valence electrons. The minimum absolute atomic E-state index is 0.304. The first kappa shape index (κ1) is 14.7. The van der Waals surface area contributed by atoms with Crippen LogP contribution in [0.15, 0.2) is 30.6 Å². The van der Waals surface area contributed by atoms with Gasteiger partial charge in [-0.3, -0.25) is 0 Å². The normalized spacial score (nSPS) is 14.4. The molecule has 0 amide bonds. The van der Waals surface area contributed by atoms with E-state index in [0.717, 1.165) is 12.1 Å². The molecule has 5 nitrogen and oxygen atoms in total. The standard InChI is InChI=1S/C15H23N5/c1-5-15(11(2)3)17-12(4)13-7-6-8-14(9-13)20-10-16-18-19-20/h6-12,15,17H,5H2,1-4H3. The van der Waals surface area contributed by atoms with Gasteiger partial charge in [-0.15, -0.1) is 5.10 Å². The largest absolute Gasteiger partial charge is 0.307 e. The van der Waals surface area contributed by atoms with Gasteiger partial charge in [0.1, 0.15) is 6.33 Å². The van der Waals surface area contributed by atoms with Gasteiger partial charge < -0.3 is 5.32 Å². The van der Waals surface area contributed by atoms with Crippen LogP contribution in [0.5, 0.6) is 0 Å². The maximum atomic E-state index is 3.93. The minimum Gasteiger partial charge on any atom is -0.307 e. The van der Waals surface area contributed by atoms with Gasteiger partial charge in [-0.25, -0.2) is 4.68 Å². The Kier molecular flexibility index (Phi) is 4.84. The number of tetrazole rings is 1. The molecule has 0 radical (unpaired) electrons. The second kappa shape index (κ2) is 6.61. The lowest BCUT2D eigenvalue weighted by molar-refractivity contribution is 0.356. The van der Waals surface area contributed by atoms with E-state index >= 15 is 0 Å². The van der Waals surface area contributed by atoms with E-state index in [9.17, 15) is 0 Å². The van der Waals surface area contributed by atoms with Crippen molar-refractivity contribution in [2.45, 2.75) is 46.2 Å². The van der Waals surface area contributed by atoms with Crippen molar-refractivity contribution >= 4 is 0 Å². The number of benzene rings is 1. The summed E-state index contributed by atoms with van der Waals surface area (Å²) in [5, 5.41) is 15.0.